The fourth-order valence-electron chi connectivity index (χ4n) is 18.2. The van der Waals surface area contributed by atoms with E-state index in [9.17, 15) is 45.9 Å². The molecule has 2 saturated heterocycles. The Morgan fingerprint density at radius 1 is 0.682 bits per heavy atom. The Labute approximate surface area is 647 Å². The van der Waals surface area contributed by atoms with E-state index in [1.807, 2.05) is 34.6 Å². The third kappa shape index (κ3) is 22.0. The minimum Gasteiger partial charge on any atom is -0.381 e. The molecule has 0 aromatic rings. The van der Waals surface area contributed by atoms with Gasteiger partial charge in [-0.25, -0.2) is 8.78 Å². The van der Waals surface area contributed by atoms with E-state index >= 15 is 33.6 Å². The highest BCUT2D eigenvalue weighted by Crippen LogP contribution is 2.50. The van der Waals surface area contributed by atoms with Gasteiger partial charge in [-0.1, -0.05) is 73.0 Å². The second kappa shape index (κ2) is 39.1. The van der Waals surface area contributed by atoms with Gasteiger partial charge in [0.1, 0.15) is 53.9 Å². The predicted molar refractivity (Wildman–Crippen MR) is 400 cm³/mol. The fraction of sp³-hybridized carbons (Fsp3) is 0.823. The van der Waals surface area contributed by atoms with E-state index in [2.05, 4.69) is 16.0 Å². The number of ether oxygens (including phenoxy) is 2. The summed E-state index contributed by atoms with van der Waals surface area (Å²) < 4.78 is 82.9. The van der Waals surface area contributed by atoms with Crippen LogP contribution >= 0.6 is 0 Å². The van der Waals surface area contributed by atoms with Crippen molar-refractivity contribution in [2.24, 2.45) is 46.8 Å². The topological polar surface area (TPSA) is 289 Å². The fourth-order valence-corrected chi connectivity index (χ4v) is 18.2. The zero-order chi connectivity index (χ0) is 81.8. The molecule has 7 rings (SSSR count). The second-order valence-electron chi connectivity index (χ2n) is 34.0. The molecule has 1 spiro atoms. The van der Waals surface area contributed by atoms with Crippen molar-refractivity contribution in [3.63, 3.8) is 0 Å². The smallest absolute Gasteiger partial charge is 0.381 e. The summed E-state index contributed by atoms with van der Waals surface area (Å²) in [5.74, 6) is -13.1. The summed E-state index contributed by atoms with van der Waals surface area (Å²) in [6, 6.07) is -10.7. The van der Waals surface area contributed by atoms with Crippen LogP contribution in [0.25, 0.3) is 0 Å². The molecule has 3 aliphatic heterocycles. The molecule has 2 bridgehead atoms. The van der Waals surface area contributed by atoms with E-state index in [-0.39, 0.29) is 141 Å². The van der Waals surface area contributed by atoms with E-state index in [0.29, 0.717) is 32.1 Å². The molecule has 110 heavy (non-hydrogen) atoms. The zero-order valence-corrected chi connectivity index (χ0v) is 68.0. The molecule has 12 amide bonds. The molecule has 0 aromatic heterocycles. The zero-order valence-electron chi connectivity index (χ0n) is 68.0. The summed E-state index contributed by atoms with van der Waals surface area (Å²) in [6.07, 6.45) is -2.41. The first-order valence-corrected chi connectivity index (χ1v) is 40.1. The number of hydrogen-bond donors (Lipinski definition) is 3. The van der Waals surface area contributed by atoms with Gasteiger partial charge in [0.25, 0.3) is 0 Å². The number of rotatable bonds is 16. The van der Waals surface area contributed by atoms with Crippen molar-refractivity contribution < 1.29 is 89.0 Å². The maximum absolute atomic E-state index is 15.9. The normalized spacial score (nSPS) is 31.3. The number of methoxy groups -OCH3 is 1. The summed E-state index contributed by atoms with van der Waals surface area (Å²) in [5, 5.41) is 8.81. The van der Waals surface area contributed by atoms with Crippen LogP contribution in [0.3, 0.4) is 0 Å². The second-order valence-corrected chi connectivity index (χ2v) is 34.0. The van der Waals surface area contributed by atoms with Gasteiger partial charge in [-0.2, -0.15) is 13.2 Å². The van der Waals surface area contributed by atoms with Crippen LogP contribution in [0, 0.1) is 46.8 Å². The Morgan fingerprint density at radius 2 is 1.32 bits per heavy atom. The molecule has 7 aliphatic rings. The quantitative estimate of drug-likeness (QED) is 0.106. The number of nitrogens with one attached hydrogen (secondary N) is 3. The first-order valence-electron chi connectivity index (χ1n) is 40.1. The van der Waals surface area contributed by atoms with Gasteiger partial charge in [0.05, 0.1) is 37.6 Å². The molecule has 13 atom stereocenters. The maximum atomic E-state index is 15.9. The number of alkyl halides is 5. The van der Waals surface area contributed by atoms with Crippen molar-refractivity contribution in [3.05, 3.63) is 12.2 Å². The Balaban J connectivity index is 1.34. The molecular weight excluding hydrogens is 1440 g/mol. The molecule has 0 radical (unpaired) electrons. The summed E-state index contributed by atoms with van der Waals surface area (Å²) in [6.45, 7) is 13.3. The number of halogens is 5. The Bertz CT molecular complexity index is 3270. The number of carbonyl (C=O) groups is 12. The van der Waals surface area contributed by atoms with E-state index < -0.39 is 204 Å². The van der Waals surface area contributed by atoms with Crippen LogP contribution in [-0.2, 0) is 67.0 Å². The highest BCUT2D eigenvalue weighted by Gasteiger charge is 2.60. The maximum Gasteiger partial charge on any atom is 0.394 e. The number of amides is 12. The van der Waals surface area contributed by atoms with E-state index in [1.54, 1.807) is 32.9 Å². The van der Waals surface area contributed by atoms with Gasteiger partial charge >= 0.3 is 6.18 Å². The van der Waals surface area contributed by atoms with E-state index in [4.69, 9.17) is 9.47 Å². The molecule has 3 unspecified atom stereocenters. The summed E-state index contributed by atoms with van der Waals surface area (Å²) in [7, 11) is 11.1. The number of likely N-dealkylation sites (N-methyl/N-ethyl adjacent to an activating group) is 7. The molecular formula is C79H127F5N12O14. The van der Waals surface area contributed by atoms with Crippen LogP contribution in [0.4, 0.5) is 22.0 Å². The van der Waals surface area contributed by atoms with Crippen LogP contribution in [0.2, 0.25) is 0 Å². The number of carbonyl (C=O) groups excluding carboxylic acids is 12. The molecule has 0 aromatic carbocycles. The van der Waals surface area contributed by atoms with Crippen molar-refractivity contribution in [1.82, 2.24) is 60.0 Å². The molecule has 6 fully saturated rings. The van der Waals surface area contributed by atoms with E-state index in [0.717, 1.165) is 9.80 Å². The summed E-state index contributed by atoms with van der Waals surface area (Å²) in [4.78, 5) is 194. The number of nitrogens with zero attached hydrogens (tertiary/aromatic N) is 9. The summed E-state index contributed by atoms with van der Waals surface area (Å²) >= 11 is 0. The van der Waals surface area contributed by atoms with Gasteiger partial charge in [-0.05, 0) is 158 Å². The van der Waals surface area contributed by atoms with Crippen LogP contribution < -0.4 is 16.0 Å². The Hall–Kier alpha value is -7.05. The summed E-state index contributed by atoms with van der Waals surface area (Å²) in [5.41, 5.74) is -2.24. The lowest BCUT2D eigenvalue weighted by atomic mass is 9.58. The van der Waals surface area contributed by atoms with Gasteiger partial charge in [0.15, 0.2) is 0 Å². The third-order valence-corrected chi connectivity index (χ3v) is 25.0. The van der Waals surface area contributed by atoms with Crippen molar-refractivity contribution in [3.8, 4) is 0 Å². The first-order chi connectivity index (χ1) is 51.6. The van der Waals surface area contributed by atoms with Crippen molar-refractivity contribution in [2.75, 3.05) is 95.8 Å². The van der Waals surface area contributed by atoms with Crippen LogP contribution in [0.15, 0.2) is 12.2 Å². The standard InChI is InChI=1S/C79H127F5N12O14/c1-17-48(6)65-74(106)90(11)44-64(99)91(12)56-27-21-20-24-36-95(73(56)105)60(38-49-28-32-52(33-29-49)67(80)81)72(104)89(10)43-62(97)85-55(35-31-50-30-34-54(79(82,83)84)61(39-50)109-16)70(102)96-42-53(110-19-3)40-58(96)69(101)87-78(45-77(7,8)46-78)76(108)94(15)66(51-25-22-23-26-51)75(107)93(14)59(71(103)88(9)18-2)41-63(98)92(13)57(37-47(4)5)68(100)86-65/h20-21,47-61,65-67H,17-19,22-46H2,1-16H3,(H,85,97)(H,86,100)(H,87,101)/b21-20-/t48-,49?,50?,52?,53+,54?,55-,56-,57-,58-,59-,60-,61?,65-,66-/m0/s1. The lowest BCUT2D eigenvalue weighted by Gasteiger charge is -2.54. The highest BCUT2D eigenvalue weighted by atomic mass is 19.4. The van der Waals surface area contributed by atoms with Gasteiger partial charge in [-0.3, -0.25) is 57.5 Å². The van der Waals surface area contributed by atoms with Crippen LogP contribution in [-0.4, -0.2) is 289 Å². The van der Waals surface area contributed by atoms with Crippen molar-refractivity contribution >= 4 is 70.9 Å². The number of hydrogen-bond acceptors (Lipinski definition) is 14. The van der Waals surface area contributed by atoms with Crippen molar-refractivity contribution in [1.29, 1.82) is 0 Å². The molecule has 31 heteroatoms. The van der Waals surface area contributed by atoms with Gasteiger partial charge in [0.2, 0.25) is 77.3 Å². The monoisotopic (exact) mass is 1560 g/mol. The van der Waals surface area contributed by atoms with Crippen LogP contribution in [0.5, 0.6) is 0 Å². The third-order valence-electron chi connectivity index (χ3n) is 25.0. The lowest BCUT2D eigenvalue weighted by molar-refractivity contribution is -0.215. The van der Waals surface area contributed by atoms with Crippen LogP contribution in [0.1, 0.15) is 197 Å². The molecule has 3 heterocycles. The first kappa shape index (κ1) is 90.1. The molecule has 622 valence electrons. The highest BCUT2D eigenvalue weighted by molar-refractivity contribution is 6.01. The lowest BCUT2D eigenvalue weighted by Crippen LogP contribution is -2.71. The largest absolute Gasteiger partial charge is 0.394 e. The SMILES string of the molecule is CCO[C@@H]1C[C@H]2C(=O)NC3(CC(C)(C)C3)C(=O)N(C)[C@@H](C3CCCC3)C(=O)N(C)[C@H](C(=O)N(C)CC)CC(=O)N(C)[C@@H](CC(C)C)C(=O)N[C@@H]([C@@H](C)CC)C(=O)N(C)CC(=O)N(C)[C@H]3C/C=C\CCN(C3=O)[C@@H](CC3CCC(C(F)F)CC3)C(=O)N(C)CC(=O)N[C@@H](CCC3CCC(C(F)(F)F)C(OC)C3)C(=O)N2C1. The average molecular weight is 1560 g/mol. The molecule has 26 nitrogen and oxygen atoms in total. The number of fused-ring (bicyclic) bond motifs is 3. The van der Waals surface area contributed by atoms with Gasteiger partial charge in [-0.15, -0.1) is 0 Å². The minimum atomic E-state index is -4.55. The Kier molecular flexibility index (Phi) is 32.1. The molecule has 4 aliphatic carbocycles. The van der Waals surface area contributed by atoms with Gasteiger partial charge in [0, 0.05) is 95.0 Å². The predicted octanol–water partition coefficient (Wildman–Crippen LogP) is 6.81. The average Bonchev–Trinajstić information content (AvgIpc) is 0.969. The Morgan fingerprint density at radius 3 is 1.90 bits per heavy atom. The van der Waals surface area contributed by atoms with Crippen molar-refractivity contribution in [2.45, 2.75) is 275 Å². The van der Waals surface area contributed by atoms with Gasteiger partial charge < -0.3 is 69.5 Å². The minimum absolute atomic E-state index is 0.0178. The molecule has 3 N–H and O–H groups in total. The van der Waals surface area contributed by atoms with E-state index in [1.165, 1.54) is 90.7 Å². The molecule has 4 saturated carbocycles.